The molecule has 0 atom stereocenters. The van der Waals surface area contributed by atoms with Crippen LogP contribution in [-0.2, 0) is 19.4 Å². The van der Waals surface area contributed by atoms with Crippen molar-refractivity contribution in [3.05, 3.63) is 0 Å². The van der Waals surface area contributed by atoms with Gasteiger partial charge < -0.3 is 9.84 Å². The summed E-state index contributed by atoms with van der Waals surface area (Å²) in [6, 6.07) is 0. The fourth-order valence-electron chi connectivity index (χ4n) is 1.30. The van der Waals surface area contributed by atoms with Crippen molar-refractivity contribution in [2.24, 2.45) is 0 Å². The topological polar surface area (TPSA) is 80.7 Å². The van der Waals surface area contributed by atoms with Gasteiger partial charge in [0.05, 0.1) is 11.5 Å². The number of ether oxygens (including phenoxy) is 1. The summed E-state index contributed by atoms with van der Waals surface area (Å²) in [5.41, 5.74) is 0. The fourth-order valence-corrected chi connectivity index (χ4v) is 2.71. The molecule has 0 amide bonds. The molecule has 0 saturated heterocycles. The van der Waals surface area contributed by atoms with Crippen LogP contribution in [0, 0.1) is 0 Å². The maximum absolute atomic E-state index is 11.4. The molecule has 0 rings (SSSR count). The molecule has 0 aromatic rings. The summed E-state index contributed by atoms with van der Waals surface area (Å²) < 4.78 is 27.6. The number of aliphatic carboxylic acids is 1. The Kier molecular flexibility index (Phi) is 8.19. The van der Waals surface area contributed by atoms with Gasteiger partial charge in [0.2, 0.25) is 0 Å². The van der Waals surface area contributed by atoms with Gasteiger partial charge >= 0.3 is 5.97 Å². The Balaban J connectivity index is 3.54. The third-order valence-corrected chi connectivity index (χ3v) is 3.97. The van der Waals surface area contributed by atoms with Crippen molar-refractivity contribution in [3.63, 3.8) is 0 Å². The molecule has 0 radical (unpaired) electrons. The van der Waals surface area contributed by atoms with Crippen LogP contribution in [0.1, 0.15) is 32.1 Å². The van der Waals surface area contributed by atoms with Gasteiger partial charge in [-0.15, -0.1) is 0 Å². The molecule has 0 aromatic carbocycles. The molecule has 0 saturated carbocycles. The zero-order valence-electron chi connectivity index (χ0n) is 9.65. The first-order chi connectivity index (χ1) is 7.48. The Morgan fingerprint density at radius 2 is 1.75 bits per heavy atom. The van der Waals surface area contributed by atoms with E-state index in [9.17, 15) is 13.2 Å². The lowest BCUT2D eigenvalue weighted by Gasteiger charge is -2.03. The molecular formula is C10H20O5S. The molecule has 96 valence electrons. The average molecular weight is 252 g/mol. The second kappa shape index (κ2) is 8.52. The van der Waals surface area contributed by atoms with E-state index in [-0.39, 0.29) is 17.9 Å². The van der Waals surface area contributed by atoms with E-state index in [1.54, 1.807) is 7.11 Å². The number of sulfone groups is 1. The Morgan fingerprint density at radius 1 is 1.12 bits per heavy atom. The number of methoxy groups -OCH3 is 1. The van der Waals surface area contributed by atoms with Crippen molar-refractivity contribution in [1.29, 1.82) is 0 Å². The van der Waals surface area contributed by atoms with E-state index in [0.29, 0.717) is 32.3 Å². The van der Waals surface area contributed by atoms with E-state index >= 15 is 0 Å². The van der Waals surface area contributed by atoms with Gasteiger partial charge in [-0.05, 0) is 19.3 Å². The predicted molar refractivity (Wildman–Crippen MR) is 61.3 cm³/mol. The summed E-state index contributed by atoms with van der Waals surface area (Å²) in [6.07, 6.45) is 2.37. The number of hydrogen-bond donors (Lipinski definition) is 1. The van der Waals surface area contributed by atoms with Crippen LogP contribution in [0.15, 0.2) is 0 Å². The average Bonchev–Trinajstić information content (AvgIpc) is 2.16. The molecule has 0 fully saturated rings. The van der Waals surface area contributed by atoms with Gasteiger partial charge in [0.1, 0.15) is 9.84 Å². The molecule has 0 aliphatic carbocycles. The molecule has 0 bridgehead atoms. The molecule has 6 heteroatoms. The SMILES string of the molecule is COCCCS(=O)(=O)CCCCCC(=O)O. The first-order valence-corrected chi connectivity index (χ1v) is 7.21. The van der Waals surface area contributed by atoms with E-state index in [1.807, 2.05) is 0 Å². The van der Waals surface area contributed by atoms with E-state index < -0.39 is 15.8 Å². The second-order valence-corrected chi connectivity index (χ2v) is 6.01. The number of carboxylic acid groups (broad SMARTS) is 1. The van der Waals surface area contributed by atoms with Gasteiger partial charge in [-0.25, -0.2) is 8.42 Å². The third kappa shape index (κ3) is 9.92. The van der Waals surface area contributed by atoms with Crippen molar-refractivity contribution in [3.8, 4) is 0 Å². The van der Waals surface area contributed by atoms with Crippen molar-refractivity contribution in [2.75, 3.05) is 25.2 Å². The van der Waals surface area contributed by atoms with Crippen molar-refractivity contribution in [2.45, 2.75) is 32.1 Å². The highest BCUT2D eigenvalue weighted by Gasteiger charge is 2.09. The normalized spacial score (nSPS) is 11.6. The molecule has 0 heterocycles. The van der Waals surface area contributed by atoms with Crippen LogP contribution in [0.5, 0.6) is 0 Å². The first kappa shape index (κ1) is 15.4. The summed E-state index contributed by atoms with van der Waals surface area (Å²) in [7, 11) is -1.44. The van der Waals surface area contributed by atoms with Crippen LogP contribution in [0.25, 0.3) is 0 Å². The largest absolute Gasteiger partial charge is 0.481 e. The summed E-state index contributed by atoms with van der Waals surface area (Å²) in [5, 5.41) is 8.38. The predicted octanol–water partition coefficient (Wildman–Crippen LogP) is 1.08. The molecule has 5 nitrogen and oxygen atoms in total. The van der Waals surface area contributed by atoms with Gasteiger partial charge in [0.25, 0.3) is 0 Å². The van der Waals surface area contributed by atoms with Crippen LogP contribution in [0.2, 0.25) is 0 Å². The molecule has 0 aromatic heterocycles. The molecule has 16 heavy (non-hydrogen) atoms. The second-order valence-electron chi connectivity index (χ2n) is 3.70. The van der Waals surface area contributed by atoms with Crippen LogP contribution in [-0.4, -0.2) is 44.7 Å². The van der Waals surface area contributed by atoms with Gasteiger partial charge in [0.15, 0.2) is 0 Å². The van der Waals surface area contributed by atoms with Crippen LogP contribution < -0.4 is 0 Å². The van der Waals surface area contributed by atoms with Crippen molar-refractivity contribution < 1.29 is 23.1 Å². The highest BCUT2D eigenvalue weighted by Crippen LogP contribution is 2.04. The summed E-state index contributed by atoms with van der Waals surface area (Å²) in [6.45, 7) is 0.457. The van der Waals surface area contributed by atoms with E-state index in [0.717, 1.165) is 0 Å². The van der Waals surface area contributed by atoms with E-state index in [1.165, 1.54) is 0 Å². The van der Waals surface area contributed by atoms with E-state index in [4.69, 9.17) is 9.84 Å². The molecular weight excluding hydrogens is 232 g/mol. The van der Waals surface area contributed by atoms with Crippen LogP contribution >= 0.6 is 0 Å². The van der Waals surface area contributed by atoms with Gasteiger partial charge in [-0.3, -0.25) is 4.79 Å². The first-order valence-electron chi connectivity index (χ1n) is 5.39. The monoisotopic (exact) mass is 252 g/mol. The molecule has 0 spiro atoms. The summed E-state index contributed by atoms with van der Waals surface area (Å²) >= 11 is 0. The number of hydrogen-bond acceptors (Lipinski definition) is 4. The minimum absolute atomic E-state index is 0.115. The van der Waals surface area contributed by atoms with Gasteiger partial charge in [0, 0.05) is 20.1 Å². The minimum atomic E-state index is -2.98. The van der Waals surface area contributed by atoms with Gasteiger partial charge in [-0.1, -0.05) is 6.42 Å². The van der Waals surface area contributed by atoms with Crippen LogP contribution in [0.4, 0.5) is 0 Å². The Labute approximate surface area is 96.7 Å². The zero-order chi connectivity index (χ0) is 12.4. The summed E-state index contributed by atoms with van der Waals surface area (Å²) in [4.78, 5) is 10.2. The van der Waals surface area contributed by atoms with E-state index in [2.05, 4.69) is 0 Å². The minimum Gasteiger partial charge on any atom is -0.481 e. The quantitative estimate of drug-likeness (QED) is 0.588. The van der Waals surface area contributed by atoms with Crippen molar-refractivity contribution in [1.82, 2.24) is 0 Å². The Bertz CT molecular complexity index is 284. The summed E-state index contributed by atoms with van der Waals surface area (Å²) in [5.74, 6) is -0.529. The van der Waals surface area contributed by atoms with Crippen molar-refractivity contribution >= 4 is 15.8 Å². The van der Waals surface area contributed by atoms with Crippen LogP contribution in [0.3, 0.4) is 0 Å². The number of rotatable bonds is 10. The standard InChI is InChI=1S/C10H20O5S/c1-15-7-5-9-16(13,14)8-4-2-3-6-10(11)12/h2-9H2,1H3,(H,11,12). The number of carbonyl (C=O) groups is 1. The maximum atomic E-state index is 11.4. The highest BCUT2D eigenvalue weighted by atomic mass is 32.2. The highest BCUT2D eigenvalue weighted by molar-refractivity contribution is 7.91. The lowest BCUT2D eigenvalue weighted by molar-refractivity contribution is -0.137. The third-order valence-electron chi connectivity index (χ3n) is 2.15. The molecule has 0 unspecified atom stereocenters. The molecule has 0 aliphatic rings. The maximum Gasteiger partial charge on any atom is 0.303 e. The fraction of sp³-hybridized carbons (Fsp3) is 0.900. The zero-order valence-corrected chi connectivity index (χ0v) is 10.5. The lowest BCUT2D eigenvalue weighted by atomic mass is 10.2. The smallest absolute Gasteiger partial charge is 0.303 e. The lowest BCUT2D eigenvalue weighted by Crippen LogP contribution is -2.12. The Hall–Kier alpha value is -0.620. The number of carboxylic acids is 1. The Morgan fingerprint density at radius 3 is 2.31 bits per heavy atom. The molecule has 0 aliphatic heterocycles. The molecule has 1 N–H and O–H groups in total. The number of unbranched alkanes of at least 4 members (excludes halogenated alkanes) is 2. The van der Waals surface area contributed by atoms with Gasteiger partial charge in [-0.2, -0.15) is 0 Å².